The SMILES string of the molecule is COc1ccc(Nc2nc(Nc3ccccc3)ncc2C(F)(F)F)cc1. The van der Waals surface area contributed by atoms with Crippen LogP contribution in [0.25, 0.3) is 0 Å². The van der Waals surface area contributed by atoms with Gasteiger partial charge in [0.15, 0.2) is 0 Å². The number of benzene rings is 2. The van der Waals surface area contributed by atoms with Crippen LogP contribution in [0.3, 0.4) is 0 Å². The minimum atomic E-state index is -4.58. The quantitative estimate of drug-likeness (QED) is 0.671. The normalized spacial score (nSPS) is 11.1. The van der Waals surface area contributed by atoms with E-state index in [4.69, 9.17) is 4.74 Å². The molecular formula is C18H15F3N4O. The molecule has 0 amide bonds. The zero-order valence-corrected chi connectivity index (χ0v) is 13.7. The van der Waals surface area contributed by atoms with Crippen molar-refractivity contribution in [2.24, 2.45) is 0 Å². The summed E-state index contributed by atoms with van der Waals surface area (Å²) in [6, 6.07) is 15.4. The van der Waals surface area contributed by atoms with Crippen LogP contribution in [0.5, 0.6) is 5.75 Å². The fourth-order valence-electron chi connectivity index (χ4n) is 2.21. The summed E-state index contributed by atoms with van der Waals surface area (Å²) in [5.41, 5.74) is 0.162. The minimum absolute atomic E-state index is 0.0558. The van der Waals surface area contributed by atoms with Gasteiger partial charge in [0.05, 0.1) is 7.11 Å². The van der Waals surface area contributed by atoms with Gasteiger partial charge in [0, 0.05) is 17.6 Å². The second-order valence-electron chi connectivity index (χ2n) is 5.30. The maximum atomic E-state index is 13.3. The van der Waals surface area contributed by atoms with Crippen molar-refractivity contribution in [2.75, 3.05) is 17.7 Å². The molecule has 0 aliphatic heterocycles. The Morgan fingerprint density at radius 3 is 2.15 bits per heavy atom. The molecule has 0 radical (unpaired) electrons. The highest BCUT2D eigenvalue weighted by Gasteiger charge is 2.35. The predicted octanol–water partition coefficient (Wildman–Crippen LogP) is 4.99. The molecule has 2 N–H and O–H groups in total. The third kappa shape index (κ3) is 4.21. The van der Waals surface area contributed by atoms with E-state index >= 15 is 0 Å². The van der Waals surface area contributed by atoms with Gasteiger partial charge in [-0.1, -0.05) is 18.2 Å². The number of hydrogen-bond acceptors (Lipinski definition) is 5. The van der Waals surface area contributed by atoms with Gasteiger partial charge in [-0.05, 0) is 36.4 Å². The van der Waals surface area contributed by atoms with Crippen molar-refractivity contribution in [1.29, 1.82) is 0 Å². The lowest BCUT2D eigenvalue weighted by Gasteiger charge is -2.15. The molecule has 26 heavy (non-hydrogen) atoms. The predicted molar refractivity (Wildman–Crippen MR) is 93.0 cm³/mol. The van der Waals surface area contributed by atoms with Gasteiger partial charge in [0.1, 0.15) is 17.1 Å². The van der Waals surface area contributed by atoms with Crippen LogP contribution in [-0.2, 0) is 6.18 Å². The molecule has 0 fully saturated rings. The van der Waals surface area contributed by atoms with Crippen LogP contribution in [0.4, 0.5) is 36.3 Å². The zero-order chi connectivity index (χ0) is 18.6. The minimum Gasteiger partial charge on any atom is -0.497 e. The molecule has 0 saturated heterocycles. The van der Waals surface area contributed by atoms with Gasteiger partial charge in [0.2, 0.25) is 5.95 Å². The lowest BCUT2D eigenvalue weighted by atomic mass is 10.2. The number of halogens is 3. The van der Waals surface area contributed by atoms with E-state index in [9.17, 15) is 13.2 Å². The second-order valence-corrected chi connectivity index (χ2v) is 5.30. The number of nitrogens with one attached hydrogen (secondary N) is 2. The van der Waals surface area contributed by atoms with Crippen LogP contribution in [0.15, 0.2) is 60.8 Å². The fraction of sp³-hybridized carbons (Fsp3) is 0.111. The van der Waals surface area contributed by atoms with E-state index in [1.165, 1.54) is 7.11 Å². The molecule has 0 bridgehead atoms. The summed E-state index contributed by atoms with van der Waals surface area (Å²) in [5, 5.41) is 5.57. The summed E-state index contributed by atoms with van der Waals surface area (Å²) < 4.78 is 44.8. The number of anilines is 4. The molecule has 0 unspecified atom stereocenters. The van der Waals surface area contributed by atoms with Crippen LogP contribution >= 0.6 is 0 Å². The smallest absolute Gasteiger partial charge is 0.421 e. The number of alkyl halides is 3. The van der Waals surface area contributed by atoms with Crippen LogP contribution in [0.1, 0.15) is 5.56 Å². The Morgan fingerprint density at radius 2 is 1.54 bits per heavy atom. The molecular weight excluding hydrogens is 345 g/mol. The first-order chi connectivity index (χ1) is 12.5. The lowest BCUT2D eigenvalue weighted by Crippen LogP contribution is -2.12. The highest BCUT2D eigenvalue weighted by atomic mass is 19.4. The molecule has 0 aliphatic rings. The van der Waals surface area contributed by atoms with Crippen molar-refractivity contribution in [3.63, 3.8) is 0 Å². The van der Waals surface area contributed by atoms with Crippen molar-refractivity contribution in [2.45, 2.75) is 6.18 Å². The monoisotopic (exact) mass is 360 g/mol. The van der Waals surface area contributed by atoms with Crippen molar-refractivity contribution < 1.29 is 17.9 Å². The molecule has 134 valence electrons. The number of methoxy groups -OCH3 is 1. The van der Waals surface area contributed by atoms with Crippen LogP contribution in [0.2, 0.25) is 0 Å². The van der Waals surface area contributed by atoms with Gasteiger partial charge in [-0.2, -0.15) is 18.2 Å². The third-order valence-corrected chi connectivity index (χ3v) is 3.48. The lowest BCUT2D eigenvalue weighted by molar-refractivity contribution is -0.137. The first-order valence-corrected chi connectivity index (χ1v) is 7.63. The Kier molecular flexibility index (Phi) is 4.92. The average molecular weight is 360 g/mol. The molecule has 0 aliphatic carbocycles. The molecule has 0 saturated carbocycles. The number of aromatic nitrogens is 2. The van der Waals surface area contributed by atoms with Crippen molar-refractivity contribution in [3.8, 4) is 5.75 Å². The van der Waals surface area contributed by atoms with E-state index < -0.39 is 11.7 Å². The van der Waals surface area contributed by atoms with E-state index in [-0.39, 0.29) is 11.8 Å². The molecule has 3 rings (SSSR count). The molecule has 0 spiro atoms. The van der Waals surface area contributed by atoms with Gasteiger partial charge >= 0.3 is 6.18 Å². The average Bonchev–Trinajstić information content (AvgIpc) is 2.62. The van der Waals surface area contributed by atoms with Crippen molar-refractivity contribution in [1.82, 2.24) is 9.97 Å². The van der Waals surface area contributed by atoms with Crippen molar-refractivity contribution >= 4 is 23.1 Å². The highest BCUT2D eigenvalue weighted by molar-refractivity contribution is 5.63. The standard InChI is InChI=1S/C18H15F3N4O/c1-26-14-9-7-13(8-10-14)23-16-15(18(19,20)21)11-22-17(25-16)24-12-5-3-2-4-6-12/h2-11H,1H3,(H2,22,23,24,25). The summed E-state index contributed by atoms with van der Waals surface area (Å²) in [6.07, 6.45) is -3.83. The molecule has 3 aromatic rings. The van der Waals surface area contributed by atoms with Crippen LogP contribution < -0.4 is 15.4 Å². The maximum Gasteiger partial charge on any atom is 0.421 e. The number of ether oxygens (including phenoxy) is 1. The Morgan fingerprint density at radius 1 is 0.885 bits per heavy atom. The summed E-state index contributed by atoms with van der Waals surface area (Å²) in [6.45, 7) is 0. The third-order valence-electron chi connectivity index (χ3n) is 3.48. The van der Waals surface area contributed by atoms with Crippen LogP contribution in [-0.4, -0.2) is 17.1 Å². The summed E-state index contributed by atoms with van der Waals surface area (Å²) >= 11 is 0. The topological polar surface area (TPSA) is 59.1 Å². The summed E-state index contributed by atoms with van der Waals surface area (Å²) in [4.78, 5) is 7.76. The molecule has 0 atom stereocenters. The van der Waals surface area contributed by atoms with E-state index in [1.54, 1.807) is 48.5 Å². The number of rotatable bonds is 5. The van der Waals surface area contributed by atoms with Crippen molar-refractivity contribution in [3.05, 3.63) is 66.4 Å². The van der Waals surface area contributed by atoms with E-state index in [0.29, 0.717) is 17.1 Å². The number of hydrogen-bond donors (Lipinski definition) is 2. The second kappa shape index (κ2) is 7.30. The Hall–Kier alpha value is -3.29. The van der Waals surface area contributed by atoms with E-state index in [2.05, 4.69) is 20.6 Å². The molecule has 1 aromatic heterocycles. The first kappa shape index (κ1) is 17.5. The number of nitrogens with zero attached hydrogens (tertiary/aromatic N) is 2. The Balaban J connectivity index is 1.92. The maximum absolute atomic E-state index is 13.3. The highest BCUT2D eigenvalue weighted by Crippen LogP contribution is 2.35. The first-order valence-electron chi connectivity index (χ1n) is 7.63. The van der Waals surface area contributed by atoms with Gasteiger partial charge in [-0.15, -0.1) is 0 Å². The Labute approximate surface area is 147 Å². The largest absolute Gasteiger partial charge is 0.497 e. The summed E-state index contributed by atoms with van der Waals surface area (Å²) in [7, 11) is 1.51. The van der Waals surface area contributed by atoms with Gasteiger partial charge in [0.25, 0.3) is 0 Å². The Bertz CT molecular complexity index is 868. The fourth-order valence-corrected chi connectivity index (χ4v) is 2.21. The molecule has 2 aromatic carbocycles. The summed E-state index contributed by atoms with van der Waals surface area (Å²) in [5.74, 6) is 0.317. The van der Waals surface area contributed by atoms with Gasteiger partial charge < -0.3 is 15.4 Å². The van der Waals surface area contributed by atoms with Gasteiger partial charge in [-0.3, -0.25) is 0 Å². The number of para-hydroxylation sites is 1. The zero-order valence-electron chi connectivity index (χ0n) is 13.7. The van der Waals surface area contributed by atoms with Crippen LogP contribution in [0, 0.1) is 0 Å². The molecule has 5 nitrogen and oxygen atoms in total. The van der Waals surface area contributed by atoms with E-state index in [1.807, 2.05) is 6.07 Å². The molecule has 1 heterocycles. The van der Waals surface area contributed by atoms with Gasteiger partial charge in [-0.25, -0.2) is 4.98 Å². The van der Waals surface area contributed by atoms with E-state index in [0.717, 1.165) is 6.20 Å². The molecule has 8 heteroatoms.